The molecule has 2 aromatic carbocycles. The number of amides is 1. The second-order valence-corrected chi connectivity index (χ2v) is 7.89. The molecule has 0 saturated carbocycles. The number of aromatic nitrogens is 1. The lowest BCUT2D eigenvalue weighted by molar-refractivity contribution is 0.0899. The van der Waals surface area contributed by atoms with Crippen LogP contribution < -0.4 is 10.1 Å². The third-order valence-electron chi connectivity index (χ3n) is 5.89. The molecule has 2 N–H and O–H groups in total. The molecule has 2 heterocycles. The summed E-state index contributed by atoms with van der Waals surface area (Å²) in [5.74, 6) is 0.778. The molecule has 0 radical (unpaired) electrons. The largest absolute Gasteiger partial charge is 0.497 e. The predicted molar refractivity (Wildman–Crippen MR) is 117 cm³/mol. The van der Waals surface area contributed by atoms with Crippen LogP contribution in [0, 0.1) is 6.92 Å². The van der Waals surface area contributed by atoms with Crippen LogP contribution in [-0.2, 0) is 6.42 Å². The summed E-state index contributed by atoms with van der Waals surface area (Å²) in [6.45, 7) is 5.03. The minimum Gasteiger partial charge on any atom is -0.497 e. The van der Waals surface area contributed by atoms with E-state index in [1.54, 1.807) is 7.11 Å². The van der Waals surface area contributed by atoms with Gasteiger partial charge >= 0.3 is 0 Å². The number of nitrogens with zero attached hydrogens (tertiary/aromatic N) is 1. The van der Waals surface area contributed by atoms with E-state index in [0.717, 1.165) is 61.1 Å². The van der Waals surface area contributed by atoms with Crippen LogP contribution in [0.25, 0.3) is 10.9 Å². The van der Waals surface area contributed by atoms with Gasteiger partial charge in [0.1, 0.15) is 11.4 Å². The third kappa shape index (κ3) is 4.46. The van der Waals surface area contributed by atoms with Crippen LogP contribution in [0.4, 0.5) is 0 Å². The van der Waals surface area contributed by atoms with Gasteiger partial charge < -0.3 is 19.9 Å². The second-order valence-electron chi connectivity index (χ2n) is 7.89. The zero-order valence-corrected chi connectivity index (χ0v) is 17.2. The van der Waals surface area contributed by atoms with Gasteiger partial charge in [-0.1, -0.05) is 30.3 Å². The Morgan fingerprint density at radius 3 is 2.86 bits per heavy atom. The summed E-state index contributed by atoms with van der Waals surface area (Å²) < 4.78 is 5.32. The van der Waals surface area contributed by atoms with Crippen LogP contribution in [0.5, 0.6) is 5.75 Å². The molecule has 1 aliphatic heterocycles. The molecule has 1 aliphatic rings. The number of carbonyl (C=O) groups is 1. The number of likely N-dealkylation sites (tertiary alicyclic amines) is 1. The van der Waals surface area contributed by atoms with Crippen LogP contribution in [0.2, 0.25) is 0 Å². The first-order valence-electron chi connectivity index (χ1n) is 10.4. The fourth-order valence-corrected chi connectivity index (χ4v) is 4.23. The van der Waals surface area contributed by atoms with Crippen molar-refractivity contribution in [1.29, 1.82) is 0 Å². The average Bonchev–Trinajstić information content (AvgIpc) is 3.09. The smallest absolute Gasteiger partial charge is 0.268 e. The van der Waals surface area contributed by atoms with Gasteiger partial charge in [-0.3, -0.25) is 4.79 Å². The summed E-state index contributed by atoms with van der Waals surface area (Å²) in [6, 6.07) is 16.6. The van der Waals surface area contributed by atoms with E-state index in [-0.39, 0.29) is 11.9 Å². The molecule has 0 aliphatic carbocycles. The molecule has 1 saturated heterocycles. The first-order valence-corrected chi connectivity index (χ1v) is 10.4. The highest BCUT2D eigenvalue weighted by Crippen LogP contribution is 2.26. The monoisotopic (exact) mass is 391 g/mol. The average molecular weight is 392 g/mol. The van der Waals surface area contributed by atoms with E-state index in [9.17, 15) is 4.79 Å². The van der Waals surface area contributed by atoms with Gasteiger partial charge in [0.2, 0.25) is 0 Å². The predicted octanol–water partition coefficient (Wildman–Crippen LogP) is 3.92. The van der Waals surface area contributed by atoms with E-state index >= 15 is 0 Å². The van der Waals surface area contributed by atoms with Gasteiger partial charge in [0.15, 0.2) is 0 Å². The van der Waals surface area contributed by atoms with Crippen LogP contribution in [0.1, 0.15) is 34.5 Å². The van der Waals surface area contributed by atoms with Crippen molar-refractivity contribution < 1.29 is 9.53 Å². The minimum absolute atomic E-state index is 0.0208. The van der Waals surface area contributed by atoms with E-state index in [2.05, 4.69) is 45.5 Å². The molecule has 0 spiro atoms. The number of H-pyrrole nitrogens is 1. The van der Waals surface area contributed by atoms with E-state index in [0.29, 0.717) is 5.69 Å². The molecular weight excluding hydrogens is 362 g/mol. The normalized spacial score (nSPS) is 17.4. The number of hydrogen-bond donors (Lipinski definition) is 2. The molecule has 1 aromatic heterocycles. The van der Waals surface area contributed by atoms with E-state index < -0.39 is 0 Å². The van der Waals surface area contributed by atoms with Crippen molar-refractivity contribution in [1.82, 2.24) is 15.2 Å². The van der Waals surface area contributed by atoms with E-state index in [4.69, 9.17) is 4.74 Å². The van der Waals surface area contributed by atoms with Gasteiger partial charge in [-0.2, -0.15) is 0 Å². The second kappa shape index (κ2) is 8.70. The van der Waals surface area contributed by atoms with Crippen molar-refractivity contribution >= 4 is 16.8 Å². The number of methoxy groups -OCH3 is 1. The maximum Gasteiger partial charge on any atom is 0.268 e. The standard InChI is InChI=1S/C24H29N3O2/c1-17-21-15-20(29-2)10-11-22(21)26-23(17)24(28)25-19-9-6-13-27(16-19)14-12-18-7-4-3-5-8-18/h3-5,7-8,10-11,15,19,26H,6,9,12-14,16H2,1-2H3,(H,25,28). The summed E-state index contributed by atoms with van der Waals surface area (Å²) in [5.41, 5.74) is 3.94. The number of hydrogen-bond acceptors (Lipinski definition) is 3. The van der Waals surface area contributed by atoms with Gasteiger partial charge in [0.25, 0.3) is 5.91 Å². The topological polar surface area (TPSA) is 57.4 Å². The molecule has 29 heavy (non-hydrogen) atoms. The molecule has 5 heteroatoms. The van der Waals surface area contributed by atoms with Crippen LogP contribution in [-0.4, -0.2) is 48.6 Å². The summed E-state index contributed by atoms with van der Waals surface area (Å²) in [7, 11) is 1.66. The molecule has 4 rings (SSSR count). The van der Waals surface area contributed by atoms with Gasteiger partial charge in [-0.05, 0) is 62.1 Å². The SMILES string of the molecule is COc1ccc2[nH]c(C(=O)NC3CCCN(CCc4ccccc4)C3)c(C)c2c1. The molecule has 5 nitrogen and oxygen atoms in total. The fraction of sp³-hybridized carbons (Fsp3) is 0.375. The highest BCUT2D eigenvalue weighted by Gasteiger charge is 2.23. The van der Waals surface area contributed by atoms with Crippen LogP contribution in [0.3, 0.4) is 0 Å². The van der Waals surface area contributed by atoms with Crippen molar-refractivity contribution in [3.05, 3.63) is 65.4 Å². The quantitative estimate of drug-likeness (QED) is 0.670. The lowest BCUT2D eigenvalue weighted by atomic mass is 10.0. The van der Waals surface area contributed by atoms with Gasteiger partial charge in [0.05, 0.1) is 7.11 Å². The molecule has 0 bridgehead atoms. The maximum atomic E-state index is 13.0. The zero-order valence-electron chi connectivity index (χ0n) is 17.2. The minimum atomic E-state index is -0.0208. The number of nitrogens with one attached hydrogen (secondary N) is 2. The van der Waals surface area contributed by atoms with E-state index in [1.807, 2.05) is 25.1 Å². The van der Waals surface area contributed by atoms with Crippen molar-refractivity contribution in [2.45, 2.75) is 32.2 Å². The van der Waals surface area contributed by atoms with E-state index in [1.165, 1.54) is 5.56 Å². The Hall–Kier alpha value is -2.79. The number of benzene rings is 2. The Labute approximate surface area is 172 Å². The Bertz CT molecular complexity index is 980. The summed E-state index contributed by atoms with van der Waals surface area (Å²) in [4.78, 5) is 18.7. The van der Waals surface area contributed by atoms with Crippen molar-refractivity contribution in [3.8, 4) is 5.75 Å². The fourth-order valence-electron chi connectivity index (χ4n) is 4.23. The Kier molecular flexibility index (Phi) is 5.86. The summed E-state index contributed by atoms with van der Waals surface area (Å²) >= 11 is 0. The highest BCUT2D eigenvalue weighted by atomic mass is 16.5. The van der Waals surface area contributed by atoms with Crippen molar-refractivity contribution in [2.75, 3.05) is 26.7 Å². The van der Waals surface area contributed by atoms with Crippen molar-refractivity contribution in [2.24, 2.45) is 0 Å². The Morgan fingerprint density at radius 2 is 2.07 bits per heavy atom. The number of rotatable bonds is 6. The van der Waals surface area contributed by atoms with Gasteiger partial charge in [0, 0.05) is 30.0 Å². The van der Waals surface area contributed by atoms with Crippen molar-refractivity contribution in [3.63, 3.8) is 0 Å². The highest BCUT2D eigenvalue weighted by molar-refractivity contribution is 6.01. The number of carbonyl (C=O) groups excluding carboxylic acids is 1. The first kappa shape index (κ1) is 19.5. The number of aromatic amines is 1. The number of fused-ring (bicyclic) bond motifs is 1. The molecule has 1 atom stereocenters. The maximum absolute atomic E-state index is 13.0. The number of piperidine rings is 1. The molecule has 1 amide bonds. The molecule has 152 valence electrons. The zero-order chi connectivity index (χ0) is 20.2. The third-order valence-corrected chi connectivity index (χ3v) is 5.89. The van der Waals surface area contributed by atoms with Gasteiger partial charge in [-0.15, -0.1) is 0 Å². The molecule has 3 aromatic rings. The van der Waals surface area contributed by atoms with Gasteiger partial charge in [-0.25, -0.2) is 0 Å². The lowest BCUT2D eigenvalue weighted by Crippen LogP contribution is -2.48. The first-order chi connectivity index (χ1) is 14.1. The number of aryl methyl sites for hydroxylation is 1. The summed E-state index contributed by atoms with van der Waals surface area (Å²) in [6.07, 6.45) is 3.19. The lowest BCUT2D eigenvalue weighted by Gasteiger charge is -2.33. The molecule has 1 unspecified atom stereocenters. The Balaban J connectivity index is 1.39. The van der Waals surface area contributed by atoms with Crippen LogP contribution >= 0.6 is 0 Å². The molecule has 1 fully saturated rings. The summed E-state index contributed by atoms with van der Waals surface area (Å²) in [5, 5.41) is 4.28. The van der Waals surface area contributed by atoms with Crippen LogP contribution in [0.15, 0.2) is 48.5 Å². The molecular formula is C24H29N3O2. The Morgan fingerprint density at radius 1 is 1.24 bits per heavy atom. The number of ether oxygens (including phenoxy) is 1.